The average molecular weight is 436 g/mol. The molecule has 5 nitrogen and oxygen atoms in total. The molecule has 1 aliphatic rings. The zero-order valence-corrected chi connectivity index (χ0v) is 18.0. The normalized spacial score (nSPS) is 17.2. The molecule has 4 rings (SSSR count). The standard InChI is InChI=1S/C24H22FN3O2S/c1-24(2)14-22(27-21-11-10-16(15-26)12-19(21)24)17-6-5-7-18(13-17)28-31(29,30)23-9-4-3-8-20(23)25/h3-13,22,27-28H,14H2,1-2H3. The highest BCUT2D eigenvalue weighted by molar-refractivity contribution is 7.92. The lowest BCUT2D eigenvalue weighted by Gasteiger charge is -2.39. The number of sulfonamides is 1. The van der Waals surface area contributed by atoms with Crippen molar-refractivity contribution in [3.05, 3.63) is 89.2 Å². The molecule has 0 spiro atoms. The van der Waals surface area contributed by atoms with Gasteiger partial charge in [-0.3, -0.25) is 4.72 Å². The Hall–Kier alpha value is -3.37. The largest absolute Gasteiger partial charge is 0.378 e. The average Bonchev–Trinajstić information content (AvgIpc) is 2.73. The molecule has 7 heteroatoms. The monoisotopic (exact) mass is 435 g/mol. The Kier molecular flexibility index (Phi) is 5.19. The molecule has 0 bridgehead atoms. The molecule has 1 aliphatic heterocycles. The molecule has 3 aromatic rings. The highest BCUT2D eigenvalue weighted by Crippen LogP contribution is 2.44. The van der Waals surface area contributed by atoms with Crippen LogP contribution in [0.25, 0.3) is 0 Å². The van der Waals surface area contributed by atoms with E-state index >= 15 is 0 Å². The minimum atomic E-state index is -4.05. The van der Waals surface area contributed by atoms with Crippen LogP contribution >= 0.6 is 0 Å². The van der Waals surface area contributed by atoms with Gasteiger partial charge in [-0.05, 0) is 65.4 Å². The van der Waals surface area contributed by atoms with E-state index < -0.39 is 15.8 Å². The smallest absolute Gasteiger partial charge is 0.264 e. The lowest BCUT2D eigenvalue weighted by Crippen LogP contribution is -2.31. The van der Waals surface area contributed by atoms with Crippen molar-refractivity contribution in [1.82, 2.24) is 0 Å². The van der Waals surface area contributed by atoms with E-state index in [1.165, 1.54) is 18.2 Å². The van der Waals surface area contributed by atoms with Crippen molar-refractivity contribution < 1.29 is 12.8 Å². The molecule has 0 aromatic heterocycles. The molecule has 31 heavy (non-hydrogen) atoms. The van der Waals surface area contributed by atoms with E-state index in [1.54, 1.807) is 24.3 Å². The summed E-state index contributed by atoms with van der Waals surface area (Å²) in [6.07, 6.45) is 0.762. The maximum absolute atomic E-state index is 14.0. The summed E-state index contributed by atoms with van der Waals surface area (Å²) >= 11 is 0. The minimum Gasteiger partial charge on any atom is -0.378 e. The molecule has 0 fully saturated rings. The number of nitrogens with zero attached hydrogens (tertiary/aromatic N) is 1. The van der Waals surface area contributed by atoms with Crippen molar-refractivity contribution in [3.8, 4) is 6.07 Å². The lowest BCUT2D eigenvalue weighted by atomic mass is 9.73. The van der Waals surface area contributed by atoms with Crippen LogP contribution in [-0.2, 0) is 15.4 Å². The Balaban J connectivity index is 1.63. The van der Waals surface area contributed by atoms with Gasteiger partial charge < -0.3 is 5.32 Å². The fourth-order valence-electron chi connectivity index (χ4n) is 4.05. The summed E-state index contributed by atoms with van der Waals surface area (Å²) in [5, 5.41) is 12.7. The van der Waals surface area contributed by atoms with Gasteiger partial charge in [-0.25, -0.2) is 12.8 Å². The number of halogens is 1. The van der Waals surface area contributed by atoms with Gasteiger partial charge in [0.05, 0.1) is 17.7 Å². The van der Waals surface area contributed by atoms with Crippen molar-refractivity contribution in [2.45, 2.75) is 36.6 Å². The Bertz CT molecular complexity index is 1300. The molecule has 3 aromatic carbocycles. The number of fused-ring (bicyclic) bond motifs is 1. The predicted molar refractivity (Wildman–Crippen MR) is 119 cm³/mol. The Morgan fingerprint density at radius 2 is 1.87 bits per heavy atom. The van der Waals surface area contributed by atoms with Crippen molar-refractivity contribution in [1.29, 1.82) is 5.26 Å². The molecular weight excluding hydrogens is 413 g/mol. The van der Waals surface area contributed by atoms with Crippen LogP contribution in [0.15, 0.2) is 71.6 Å². The molecule has 1 atom stereocenters. The molecule has 1 unspecified atom stereocenters. The van der Waals surface area contributed by atoms with Crippen LogP contribution in [0.2, 0.25) is 0 Å². The minimum absolute atomic E-state index is 0.0478. The summed E-state index contributed by atoms with van der Waals surface area (Å²) in [7, 11) is -4.05. The van der Waals surface area contributed by atoms with Crippen LogP contribution in [0, 0.1) is 17.1 Å². The van der Waals surface area contributed by atoms with E-state index in [0.29, 0.717) is 11.3 Å². The van der Waals surface area contributed by atoms with Crippen LogP contribution in [-0.4, -0.2) is 8.42 Å². The van der Waals surface area contributed by atoms with E-state index in [9.17, 15) is 18.1 Å². The van der Waals surface area contributed by atoms with Gasteiger partial charge in [-0.2, -0.15) is 5.26 Å². The third kappa shape index (κ3) is 4.12. The van der Waals surface area contributed by atoms with Gasteiger partial charge in [0.15, 0.2) is 0 Å². The molecule has 158 valence electrons. The molecule has 1 heterocycles. The van der Waals surface area contributed by atoms with E-state index in [0.717, 1.165) is 29.3 Å². The number of hydrogen-bond acceptors (Lipinski definition) is 4. The summed E-state index contributed by atoms with van der Waals surface area (Å²) in [6, 6.07) is 20.1. The first-order valence-corrected chi connectivity index (χ1v) is 11.4. The predicted octanol–water partition coefficient (Wildman–Crippen LogP) is 5.33. The van der Waals surface area contributed by atoms with Crippen LogP contribution in [0.4, 0.5) is 15.8 Å². The molecule has 0 saturated carbocycles. The van der Waals surface area contributed by atoms with Gasteiger partial charge in [-0.1, -0.05) is 38.1 Å². The van der Waals surface area contributed by atoms with Crippen molar-refractivity contribution in [2.24, 2.45) is 0 Å². The lowest BCUT2D eigenvalue weighted by molar-refractivity contribution is 0.427. The van der Waals surface area contributed by atoms with E-state index in [4.69, 9.17) is 0 Å². The third-order valence-corrected chi connectivity index (χ3v) is 7.00. The molecule has 2 N–H and O–H groups in total. The first-order valence-electron chi connectivity index (χ1n) is 9.88. The van der Waals surface area contributed by atoms with E-state index in [1.807, 2.05) is 18.2 Å². The Labute approximate surface area is 181 Å². The maximum atomic E-state index is 14.0. The fraction of sp³-hybridized carbons (Fsp3) is 0.208. The molecule has 0 aliphatic carbocycles. The second-order valence-electron chi connectivity index (χ2n) is 8.32. The highest BCUT2D eigenvalue weighted by Gasteiger charge is 2.33. The molecule has 0 radical (unpaired) electrons. The summed E-state index contributed by atoms with van der Waals surface area (Å²) in [5.41, 5.74) is 3.76. The fourth-order valence-corrected chi connectivity index (χ4v) is 5.18. The van der Waals surface area contributed by atoms with Gasteiger partial charge in [0.1, 0.15) is 10.7 Å². The van der Waals surface area contributed by atoms with Crippen LogP contribution in [0.1, 0.15) is 43.0 Å². The number of nitrogens with one attached hydrogen (secondary N) is 2. The van der Waals surface area contributed by atoms with E-state index in [-0.39, 0.29) is 16.4 Å². The Morgan fingerprint density at radius 1 is 1.10 bits per heavy atom. The molecule has 0 amide bonds. The first kappa shape index (κ1) is 20.9. The van der Waals surface area contributed by atoms with Gasteiger partial charge in [0.2, 0.25) is 0 Å². The summed E-state index contributed by atoms with van der Waals surface area (Å²) in [4.78, 5) is -0.389. The van der Waals surface area contributed by atoms with Crippen molar-refractivity contribution in [3.63, 3.8) is 0 Å². The number of benzene rings is 3. The SMILES string of the molecule is CC1(C)CC(c2cccc(NS(=O)(=O)c3ccccc3F)c2)Nc2ccc(C#N)cc21. The highest BCUT2D eigenvalue weighted by atomic mass is 32.2. The van der Waals surface area contributed by atoms with Gasteiger partial charge in [-0.15, -0.1) is 0 Å². The van der Waals surface area contributed by atoms with E-state index in [2.05, 4.69) is 30.0 Å². The van der Waals surface area contributed by atoms with Crippen molar-refractivity contribution in [2.75, 3.05) is 10.0 Å². The van der Waals surface area contributed by atoms with Gasteiger partial charge >= 0.3 is 0 Å². The van der Waals surface area contributed by atoms with Gasteiger partial charge in [0.25, 0.3) is 10.0 Å². The van der Waals surface area contributed by atoms with Gasteiger partial charge in [0, 0.05) is 11.4 Å². The summed E-state index contributed by atoms with van der Waals surface area (Å²) < 4.78 is 41.8. The summed E-state index contributed by atoms with van der Waals surface area (Å²) in [5.74, 6) is -0.796. The van der Waals surface area contributed by atoms with Crippen LogP contribution in [0.3, 0.4) is 0 Å². The van der Waals surface area contributed by atoms with Crippen LogP contribution < -0.4 is 10.0 Å². The number of rotatable bonds is 4. The molecular formula is C24H22FN3O2S. The second-order valence-corrected chi connectivity index (χ2v) is 9.97. The number of anilines is 2. The maximum Gasteiger partial charge on any atom is 0.264 e. The Morgan fingerprint density at radius 3 is 2.61 bits per heavy atom. The zero-order chi connectivity index (χ0) is 22.2. The number of nitriles is 1. The topological polar surface area (TPSA) is 82.0 Å². The zero-order valence-electron chi connectivity index (χ0n) is 17.2. The first-order chi connectivity index (χ1) is 14.7. The van der Waals surface area contributed by atoms with Crippen LogP contribution in [0.5, 0.6) is 0 Å². The second kappa shape index (κ2) is 7.71. The van der Waals surface area contributed by atoms with Crippen molar-refractivity contribution >= 4 is 21.4 Å². The number of hydrogen-bond donors (Lipinski definition) is 2. The quantitative estimate of drug-likeness (QED) is 0.580. The third-order valence-electron chi connectivity index (χ3n) is 5.59. The summed E-state index contributed by atoms with van der Waals surface area (Å²) in [6.45, 7) is 4.26. The molecule has 0 saturated heterocycles.